The molecule has 1 unspecified atom stereocenters. The predicted molar refractivity (Wildman–Crippen MR) is 107 cm³/mol. The van der Waals surface area contributed by atoms with Crippen LogP contribution in [0.3, 0.4) is 0 Å². The summed E-state index contributed by atoms with van der Waals surface area (Å²) >= 11 is 0. The maximum absolute atomic E-state index is 12.7. The van der Waals surface area contributed by atoms with Crippen molar-refractivity contribution in [3.05, 3.63) is 58.3 Å². The van der Waals surface area contributed by atoms with Gasteiger partial charge in [0.1, 0.15) is 5.69 Å². The lowest BCUT2D eigenvalue weighted by atomic mass is 9.87. The Morgan fingerprint density at radius 1 is 1.29 bits per heavy atom. The molecule has 7 heteroatoms. The largest absolute Gasteiger partial charge is 0.373 e. The molecule has 1 aromatic carbocycles. The van der Waals surface area contributed by atoms with E-state index in [9.17, 15) is 9.59 Å². The number of aryl methyl sites for hydroxylation is 1. The van der Waals surface area contributed by atoms with E-state index in [0.29, 0.717) is 31.4 Å². The van der Waals surface area contributed by atoms with Gasteiger partial charge >= 0.3 is 5.69 Å². The summed E-state index contributed by atoms with van der Waals surface area (Å²) in [6.07, 6.45) is 2.57. The molecule has 2 saturated heterocycles. The molecule has 148 valence electrons. The molecule has 0 bridgehead atoms. The third kappa shape index (κ3) is 3.67. The summed E-state index contributed by atoms with van der Waals surface area (Å²) in [6.45, 7) is 3.69. The van der Waals surface area contributed by atoms with Gasteiger partial charge < -0.3 is 19.5 Å². The Morgan fingerprint density at radius 2 is 2.00 bits per heavy atom. The number of carbonyl (C=O) groups excluding carboxylic acids is 1. The average molecular weight is 382 g/mol. The lowest BCUT2D eigenvalue weighted by Crippen LogP contribution is -2.47. The predicted octanol–water partition coefficient (Wildman–Crippen LogP) is 1.98. The molecule has 2 aliphatic rings. The topological polar surface area (TPSA) is 78.5 Å². The van der Waals surface area contributed by atoms with Gasteiger partial charge in [0.25, 0.3) is 5.91 Å². The third-order valence-corrected chi connectivity index (χ3v) is 5.96. The minimum atomic E-state index is -0.484. The molecule has 0 saturated carbocycles. The number of anilines is 1. The molecule has 1 amide bonds. The summed E-state index contributed by atoms with van der Waals surface area (Å²) in [5.74, 6) is -0.181. The number of piperidine rings is 1. The van der Waals surface area contributed by atoms with E-state index in [4.69, 9.17) is 4.74 Å². The van der Waals surface area contributed by atoms with Crippen molar-refractivity contribution in [1.82, 2.24) is 14.9 Å². The van der Waals surface area contributed by atoms with Crippen molar-refractivity contribution in [2.75, 3.05) is 31.6 Å². The monoisotopic (exact) mass is 382 g/mol. The molecular formula is C21H26N4O3. The van der Waals surface area contributed by atoms with Crippen molar-refractivity contribution in [2.24, 2.45) is 0 Å². The highest BCUT2D eigenvalue weighted by Gasteiger charge is 2.44. The Balaban J connectivity index is 1.39. The highest BCUT2D eigenvalue weighted by atomic mass is 16.5. The summed E-state index contributed by atoms with van der Waals surface area (Å²) in [6, 6.07) is 12.3. The second-order valence-corrected chi connectivity index (χ2v) is 7.85. The fourth-order valence-corrected chi connectivity index (χ4v) is 4.26. The maximum Gasteiger partial charge on any atom is 0.345 e. The van der Waals surface area contributed by atoms with Gasteiger partial charge in [0, 0.05) is 31.5 Å². The second-order valence-electron chi connectivity index (χ2n) is 7.85. The summed E-state index contributed by atoms with van der Waals surface area (Å²) in [7, 11) is 2.11. The van der Waals surface area contributed by atoms with E-state index in [1.165, 1.54) is 5.69 Å². The molecule has 3 heterocycles. The fourth-order valence-electron chi connectivity index (χ4n) is 4.26. The number of likely N-dealkylation sites (N-methyl/N-ethyl adjacent to an activating group) is 1. The maximum atomic E-state index is 12.7. The number of ether oxygens (including phenoxy) is 1. The van der Waals surface area contributed by atoms with Crippen LogP contribution in [-0.4, -0.2) is 59.2 Å². The summed E-state index contributed by atoms with van der Waals surface area (Å²) < 4.78 is 6.26. The number of aromatic amines is 1. The highest BCUT2D eigenvalue weighted by molar-refractivity contribution is 5.92. The molecule has 1 spiro atoms. The van der Waals surface area contributed by atoms with E-state index >= 15 is 0 Å². The zero-order chi connectivity index (χ0) is 19.7. The van der Waals surface area contributed by atoms with Crippen LogP contribution in [0.15, 0.2) is 41.2 Å². The summed E-state index contributed by atoms with van der Waals surface area (Å²) in [5.41, 5.74) is 1.40. The summed E-state index contributed by atoms with van der Waals surface area (Å²) in [4.78, 5) is 34.8. The first-order chi connectivity index (χ1) is 13.5. The van der Waals surface area contributed by atoms with Crippen LogP contribution in [-0.2, 0) is 4.74 Å². The lowest BCUT2D eigenvalue weighted by Gasteiger charge is -2.39. The molecule has 0 radical (unpaired) electrons. The molecule has 2 aliphatic heterocycles. The third-order valence-electron chi connectivity index (χ3n) is 5.96. The average Bonchev–Trinajstić information content (AvgIpc) is 3.11. The van der Waals surface area contributed by atoms with Gasteiger partial charge in [0.2, 0.25) is 0 Å². The molecule has 0 aliphatic carbocycles. The van der Waals surface area contributed by atoms with Crippen molar-refractivity contribution in [3.63, 3.8) is 0 Å². The zero-order valence-electron chi connectivity index (χ0n) is 16.4. The van der Waals surface area contributed by atoms with E-state index in [1.807, 2.05) is 18.2 Å². The van der Waals surface area contributed by atoms with Gasteiger partial charge in [-0.2, -0.15) is 4.98 Å². The molecule has 1 aromatic heterocycles. The van der Waals surface area contributed by atoms with Gasteiger partial charge in [-0.3, -0.25) is 4.79 Å². The van der Waals surface area contributed by atoms with Crippen LogP contribution in [0, 0.1) is 6.92 Å². The van der Waals surface area contributed by atoms with E-state index in [1.54, 1.807) is 17.9 Å². The van der Waals surface area contributed by atoms with E-state index in [2.05, 4.69) is 34.0 Å². The van der Waals surface area contributed by atoms with Gasteiger partial charge in [0.05, 0.1) is 18.2 Å². The second kappa shape index (κ2) is 7.39. The Bertz CT molecular complexity index is 903. The number of H-pyrrole nitrogens is 1. The van der Waals surface area contributed by atoms with Crippen molar-refractivity contribution < 1.29 is 9.53 Å². The van der Waals surface area contributed by atoms with Crippen LogP contribution in [0.4, 0.5) is 5.69 Å². The van der Waals surface area contributed by atoms with E-state index in [0.717, 1.165) is 19.3 Å². The smallest absolute Gasteiger partial charge is 0.345 e. The molecule has 2 aromatic rings. The zero-order valence-corrected chi connectivity index (χ0v) is 16.4. The van der Waals surface area contributed by atoms with Gasteiger partial charge in [-0.05, 0) is 44.4 Å². The number of para-hydroxylation sites is 1. The van der Waals surface area contributed by atoms with E-state index < -0.39 is 5.69 Å². The van der Waals surface area contributed by atoms with Gasteiger partial charge in [-0.1, -0.05) is 18.2 Å². The lowest BCUT2D eigenvalue weighted by molar-refractivity contribution is -0.0389. The van der Waals surface area contributed by atoms with Gasteiger partial charge in [-0.25, -0.2) is 4.79 Å². The van der Waals surface area contributed by atoms with Crippen LogP contribution in [0.25, 0.3) is 0 Å². The number of likely N-dealkylation sites (tertiary alicyclic amines) is 1. The number of nitrogens with one attached hydrogen (secondary N) is 1. The highest BCUT2D eigenvalue weighted by Crippen LogP contribution is 2.38. The molecule has 28 heavy (non-hydrogen) atoms. The van der Waals surface area contributed by atoms with Gasteiger partial charge in [0.15, 0.2) is 0 Å². The molecule has 7 nitrogen and oxygen atoms in total. The van der Waals surface area contributed by atoms with Crippen LogP contribution in [0.5, 0.6) is 0 Å². The Labute approximate surface area is 164 Å². The van der Waals surface area contributed by atoms with Crippen LogP contribution in [0.2, 0.25) is 0 Å². The number of carbonyl (C=O) groups is 1. The molecule has 1 N–H and O–H groups in total. The number of hydrogen-bond acceptors (Lipinski definition) is 5. The summed E-state index contributed by atoms with van der Waals surface area (Å²) in [5, 5.41) is 0. The first-order valence-corrected chi connectivity index (χ1v) is 9.75. The Morgan fingerprint density at radius 3 is 2.68 bits per heavy atom. The quantitative estimate of drug-likeness (QED) is 0.878. The first-order valence-electron chi connectivity index (χ1n) is 9.75. The number of benzene rings is 1. The first kappa shape index (κ1) is 18.7. The van der Waals surface area contributed by atoms with Crippen molar-refractivity contribution in [2.45, 2.75) is 37.8 Å². The molecule has 4 rings (SSSR count). The minimum absolute atomic E-state index is 0.165. The van der Waals surface area contributed by atoms with Crippen LogP contribution < -0.4 is 10.6 Å². The number of rotatable bonds is 3. The van der Waals surface area contributed by atoms with Crippen LogP contribution >= 0.6 is 0 Å². The fraction of sp³-hybridized carbons (Fsp3) is 0.476. The standard InChI is InChI=1S/C21H26N4O3/c1-15-12-18(23-20(27)22-15)19(26)25-10-8-21(9-11-25)13-17(14-28-21)24(2)16-6-4-3-5-7-16/h3-7,12,17H,8-11,13-14H2,1-2H3,(H,22,23,27). The number of aromatic nitrogens is 2. The normalized spacial score (nSPS) is 21.1. The Hall–Kier alpha value is -2.67. The minimum Gasteiger partial charge on any atom is -0.373 e. The Kier molecular flexibility index (Phi) is 4.93. The number of amides is 1. The molecular weight excluding hydrogens is 356 g/mol. The van der Waals surface area contributed by atoms with E-state index in [-0.39, 0.29) is 17.2 Å². The number of hydrogen-bond donors (Lipinski definition) is 1. The van der Waals surface area contributed by atoms with Gasteiger partial charge in [-0.15, -0.1) is 0 Å². The van der Waals surface area contributed by atoms with Crippen LogP contribution in [0.1, 0.15) is 35.4 Å². The van der Waals surface area contributed by atoms with Crippen molar-refractivity contribution >= 4 is 11.6 Å². The van der Waals surface area contributed by atoms with Crippen molar-refractivity contribution in [3.8, 4) is 0 Å². The number of nitrogens with zero attached hydrogens (tertiary/aromatic N) is 3. The molecule has 2 fully saturated rings. The molecule has 1 atom stereocenters. The SMILES string of the molecule is Cc1cc(C(=O)N2CCC3(CC2)CC(N(C)c2ccccc2)CO3)nc(=O)[nH]1. The van der Waals surface area contributed by atoms with Crippen molar-refractivity contribution in [1.29, 1.82) is 0 Å².